The minimum absolute atomic E-state index is 0.00534. The average Bonchev–Trinajstić information content (AvgIpc) is 2.78. The van der Waals surface area contributed by atoms with Crippen LogP contribution in [0.25, 0.3) is 0 Å². The van der Waals surface area contributed by atoms with Gasteiger partial charge in [0.15, 0.2) is 0 Å². The molecule has 2 aromatic heterocycles. The van der Waals surface area contributed by atoms with Crippen molar-refractivity contribution in [2.24, 2.45) is 0 Å². The highest BCUT2D eigenvalue weighted by Gasteiger charge is 2.21. The van der Waals surface area contributed by atoms with Gasteiger partial charge in [0.25, 0.3) is 16.0 Å². The zero-order chi connectivity index (χ0) is 15.6. The monoisotopic (exact) mass is 390 g/mol. The lowest BCUT2D eigenvalue weighted by Crippen LogP contribution is -2.17. The maximum atomic E-state index is 12.4. The number of thiophene rings is 1. The molecule has 0 atom stereocenters. The lowest BCUT2D eigenvalue weighted by Gasteiger charge is -2.08. The molecule has 6 nitrogen and oxygen atoms in total. The number of nitrogens with zero attached hydrogens (tertiary/aromatic N) is 3. The molecule has 0 aromatic carbocycles. The molecular formula is C12H15BrN4O2S2. The minimum Gasteiger partial charge on any atom is -0.246 e. The van der Waals surface area contributed by atoms with Crippen LogP contribution >= 0.6 is 27.3 Å². The number of aromatic nitrogens is 3. The second-order valence-corrected chi connectivity index (χ2v) is 8.60. The molecule has 0 saturated heterocycles. The Labute approximate surface area is 136 Å². The van der Waals surface area contributed by atoms with Gasteiger partial charge in [-0.05, 0) is 41.8 Å². The van der Waals surface area contributed by atoms with Gasteiger partial charge in [-0.2, -0.15) is 0 Å². The van der Waals surface area contributed by atoms with Crippen molar-refractivity contribution in [1.29, 1.82) is 0 Å². The quantitative estimate of drug-likeness (QED) is 0.847. The van der Waals surface area contributed by atoms with Gasteiger partial charge in [0.05, 0.1) is 15.2 Å². The molecule has 0 unspecified atom stereocenters. The number of aryl methyl sites for hydroxylation is 3. The van der Waals surface area contributed by atoms with E-state index in [1.165, 1.54) is 11.3 Å². The van der Waals surface area contributed by atoms with E-state index in [-0.39, 0.29) is 10.8 Å². The van der Waals surface area contributed by atoms with E-state index < -0.39 is 10.0 Å². The Morgan fingerprint density at radius 2 is 1.90 bits per heavy atom. The molecule has 1 N–H and O–H groups in total. The van der Waals surface area contributed by atoms with E-state index in [4.69, 9.17) is 0 Å². The molecule has 0 amide bonds. The van der Waals surface area contributed by atoms with E-state index in [0.717, 1.165) is 15.2 Å². The number of hydrogen-bond donors (Lipinski definition) is 1. The third-order valence-corrected chi connectivity index (χ3v) is 6.00. The van der Waals surface area contributed by atoms with E-state index >= 15 is 0 Å². The summed E-state index contributed by atoms with van der Waals surface area (Å²) in [5.41, 5.74) is 1.54. The van der Waals surface area contributed by atoms with Crippen molar-refractivity contribution in [2.45, 2.75) is 38.5 Å². The van der Waals surface area contributed by atoms with Crippen LogP contribution < -0.4 is 4.72 Å². The predicted molar refractivity (Wildman–Crippen MR) is 86.1 cm³/mol. The predicted octanol–water partition coefficient (Wildman–Crippen LogP) is 2.93. The normalized spacial score (nSPS) is 11.6. The van der Waals surface area contributed by atoms with Crippen molar-refractivity contribution in [3.05, 3.63) is 26.1 Å². The van der Waals surface area contributed by atoms with Crippen molar-refractivity contribution in [3.8, 4) is 0 Å². The van der Waals surface area contributed by atoms with E-state index in [9.17, 15) is 8.42 Å². The van der Waals surface area contributed by atoms with Gasteiger partial charge in [-0.15, -0.1) is 21.5 Å². The van der Waals surface area contributed by atoms with Crippen LogP contribution in [-0.2, 0) is 22.9 Å². The largest absolute Gasteiger partial charge is 0.265 e. The minimum atomic E-state index is -3.70. The number of rotatable bonds is 5. The van der Waals surface area contributed by atoms with Crippen molar-refractivity contribution in [1.82, 2.24) is 15.2 Å². The van der Waals surface area contributed by atoms with Crippen LogP contribution in [-0.4, -0.2) is 23.6 Å². The van der Waals surface area contributed by atoms with Crippen LogP contribution in [0.5, 0.6) is 0 Å². The van der Waals surface area contributed by atoms with Crippen LogP contribution in [0.15, 0.2) is 14.7 Å². The third-order valence-electron chi connectivity index (χ3n) is 2.87. The summed E-state index contributed by atoms with van der Waals surface area (Å²) in [6.07, 6.45) is 1.39. The van der Waals surface area contributed by atoms with Crippen molar-refractivity contribution in [3.63, 3.8) is 0 Å². The summed E-state index contributed by atoms with van der Waals surface area (Å²) in [5, 5.41) is 7.87. The summed E-state index contributed by atoms with van der Waals surface area (Å²) in [7, 11) is -3.70. The maximum Gasteiger partial charge on any atom is 0.265 e. The molecular weight excluding hydrogens is 376 g/mol. The standard InChI is InChI=1S/C12H15BrN4O2S2/c1-4-8-9(5-2)15-16-12(14-8)17-21(18,19)10-6-11(13)20-7(10)3/h6H,4-5H2,1-3H3,(H,14,16,17). The highest BCUT2D eigenvalue weighted by molar-refractivity contribution is 9.11. The summed E-state index contributed by atoms with van der Waals surface area (Å²) in [5.74, 6) is 0.00534. The molecule has 0 radical (unpaired) electrons. The van der Waals surface area contributed by atoms with Gasteiger partial charge in [-0.1, -0.05) is 13.8 Å². The topological polar surface area (TPSA) is 84.8 Å². The summed E-state index contributed by atoms with van der Waals surface area (Å²) in [4.78, 5) is 5.16. The SMILES string of the molecule is CCc1nnc(NS(=O)(=O)c2cc(Br)sc2C)nc1CC. The van der Waals surface area contributed by atoms with Gasteiger partial charge in [0.2, 0.25) is 0 Å². The first-order valence-corrected chi connectivity index (χ1v) is 9.47. The zero-order valence-electron chi connectivity index (χ0n) is 11.8. The number of anilines is 1. The first-order valence-electron chi connectivity index (χ1n) is 6.38. The number of sulfonamides is 1. The molecule has 2 heterocycles. The van der Waals surface area contributed by atoms with Gasteiger partial charge >= 0.3 is 0 Å². The van der Waals surface area contributed by atoms with Crippen LogP contribution in [0.3, 0.4) is 0 Å². The lowest BCUT2D eigenvalue weighted by molar-refractivity contribution is 0.600. The first-order chi connectivity index (χ1) is 9.87. The van der Waals surface area contributed by atoms with Crippen LogP contribution in [0.2, 0.25) is 0 Å². The number of halogens is 1. The molecule has 0 aliphatic heterocycles. The fraction of sp³-hybridized carbons (Fsp3) is 0.417. The summed E-state index contributed by atoms with van der Waals surface area (Å²) in [6.45, 7) is 5.66. The number of hydrogen-bond acceptors (Lipinski definition) is 6. The fourth-order valence-electron chi connectivity index (χ4n) is 1.85. The Hall–Kier alpha value is -1.06. The van der Waals surface area contributed by atoms with Crippen molar-refractivity contribution < 1.29 is 8.42 Å². The van der Waals surface area contributed by atoms with E-state index in [2.05, 4.69) is 35.8 Å². The van der Waals surface area contributed by atoms with Crippen molar-refractivity contribution in [2.75, 3.05) is 4.72 Å². The smallest absolute Gasteiger partial charge is 0.246 e. The Kier molecular flexibility index (Phi) is 4.95. The molecule has 2 rings (SSSR count). The van der Waals surface area contributed by atoms with Crippen LogP contribution in [0, 0.1) is 6.92 Å². The Morgan fingerprint density at radius 3 is 2.43 bits per heavy atom. The molecule has 0 aliphatic rings. The summed E-state index contributed by atoms with van der Waals surface area (Å²) >= 11 is 4.65. The average molecular weight is 391 g/mol. The lowest BCUT2D eigenvalue weighted by atomic mass is 10.2. The van der Waals surface area contributed by atoms with E-state index in [1.807, 2.05) is 13.8 Å². The van der Waals surface area contributed by atoms with Crippen LogP contribution in [0.4, 0.5) is 5.95 Å². The van der Waals surface area contributed by atoms with Gasteiger partial charge in [0.1, 0.15) is 4.90 Å². The van der Waals surface area contributed by atoms with E-state index in [0.29, 0.717) is 17.7 Å². The molecule has 2 aromatic rings. The fourth-order valence-corrected chi connectivity index (χ4v) is 5.21. The van der Waals surface area contributed by atoms with Gasteiger partial charge in [0, 0.05) is 4.88 Å². The van der Waals surface area contributed by atoms with Gasteiger partial charge < -0.3 is 0 Å². The third kappa shape index (κ3) is 3.58. The first kappa shape index (κ1) is 16.3. The molecule has 114 valence electrons. The molecule has 0 spiro atoms. The highest BCUT2D eigenvalue weighted by Crippen LogP contribution is 2.30. The second kappa shape index (κ2) is 6.37. The Balaban J connectivity index is 2.35. The molecule has 0 saturated carbocycles. The zero-order valence-corrected chi connectivity index (χ0v) is 15.1. The highest BCUT2D eigenvalue weighted by atomic mass is 79.9. The summed E-state index contributed by atoms with van der Waals surface area (Å²) in [6, 6.07) is 1.57. The van der Waals surface area contributed by atoms with Crippen LogP contribution in [0.1, 0.15) is 30.1 Å². The van der Waals surface area contributed by atoms with Crippen molar-refractivity contribution >= 4 is 43.2 Å². The molecule has 0 fully saturated rings. The molecule has 0 bridgehead atoms. The Morgan fingerprint density at radius 1 is 1.24 bits per heavy atom. The number of nitrogens with one attached hydrogen (secondary N) is 1. The summed E-state index contributed by atoms with van der Waals surface area (Å²) < 4.78 is 27.9. The Bertz CT molecular complexity index is 759. The van der Waals surface area contributed by atoms with E-state index in [1.54, 1.807) is 13.0 Å². The van der Waals surface area contributed by atoms with Gasteiger partial charge in [-0.3, -0.25) is 0 Å². The molecule has 9 heteroatoms. The molecule has 0 aliphatic carbocycles. The van der Waals surface area contributed by atoms with Gasteiger partial charge in [-0.25, -0.2) is 18.1 Å². The molecule has 21 heavy (non-hydrogen) atoms. The maximum absolute atomic E-state index is 12.4. The second-order valence-electron chi connectivity index (χ2n) is 4.31.